The molecule has 2 saturated heterocycles. The Bertz CT molecular complexity index is 1320. The van der Waals surface area contributed by atoms with Gasteiger partial charge in [0.25, 0.3) is 0 Å². The fourth-order valence-corrected chi connectivity index (χ4v) is 5.78. The molecule has 2 fully saturated rings. The number of halogens is 3. The zero-order valence-corrected chi connectivity index (χ0v) is 20.0. The highest BCUT2D eigenvalue weighted by Crippen LogP contribution is 2.65. The van der Waals surface area contributed by atoms with Gasteiger partial charge in [-0.25, -0.2) is 0 Å². The lowest BCUT2D eigenvalue weighted by Gasteiger charge is -2.42. The molecular weight excluding hydrogens is 517 g/mol. The van der Waals surface area contributed by atoms with Gasteiger partial charge < -0.3 is 44.8 Å². The SMILES string of the molecule is CC12C[C@@H](O[C@H]3O[C@H](CO)[C@@H](O)[C@H](O)[C@H]3O)C(C)(O1)c1c2c(O)n(-c2ccc(C#N)c(C(F)(F)F)c2)c1O. The van der Waals surface area contributed by atoms with Gasteiger partial charge in [0, 0.05) is 6.42 Å². The van der Waals surface area contributed by atoms with E-state index in [-0.39, 0.29) is 23.2 Å². The van der Waals surface area contributed by atoms with Crippen LogP contribution in [0, 0.1) is 11.3 Å². The molecule has 2 unspecified atom stereocenters. The Hall–Kier alpha value is -2.90. The van der Waals surface area contributed by atoms with Crippen LogP contribution in [-0.4, -0.2) is 78.6 Å². The molecule has 0 spiro atoms. The normalized spacial score (nSPS) is 36.3. The Kier molecular flexibility index (Phi) is 6.01. The van der Waals surface area contributed by atoms with Crippen molar-refractivity contribution in [3.63, 3.8) is 0 Å². The van der Waals surface area contributed by atoms with Crippen LogP contribution in [-0.2, 0) is 31.6 Å². The van der Waals surface area contributed by atoms with Crippen molar-refractivity contribution >= 4 is 0 Å². The summed E-state index contributed by atoms with van der Waals surface area (Å²) in [6.45, 7) is 2.42. The van der Waals surface area contributed by atoms with E-state index in [0.717, 1.165) is 16.7 Å². The fourth-order valence-electron chi connectivity index (χ4n) is 5.78. The van der Waals surface area contributed by atoms with E-state index >= 15 is 0 Å². The number of alkyl halides is 3. The van der Waals surface area contributed by atoms with Crippen LogP contribution in [0.15, 0.2) is 18.2 Å². The van der Waals surface area contributed by atoms with Crippen molar-refractivity contribution < 1.29 is 58.0 Å². The van der Waals surface area contributed by atoms with Gasteiger partial charge in [0.2, 0.25) is 11.8 Å². The van der Waals surface area contributed by atoms with Gasteiger partial charge >= 0.3 is 6.18 Å². The first-order valence-electron chi connectivity index (χ1n) is 11.6. The average molecular weight is 542 g/mol. The average Bonchev–Trinajstić information content (AvgIpc) is 3.38. The Morgan fingerprint density at radius 1 is 1.11 bits per heavy atom. The molecule has 2 aromatic rings. The number of nitrogens with zero attached hydrogens (tertiary/aromatic N) is 2. The van der Waals surface area contributed by atoms with Crippen molar-refractivity contribution in [1.82, 2.24) is 4.57 Å². The quantitative estimate of drug-likeness (QED) is 0.324. The van der Waals surface area contributed by atoms with Gasteiger partial charge in [-0.15, -0.1) is 0 Å². The fraction of sp³-hybridized carbons (Fsp3) is 0.542. The number of rotatable bonds is 4. The lowest BCUT2D eigenvalue weighted by Crippen LogP contribution is -2.60. The van der Waals surface area contributed by atoms with Crippen molar-refractivity contribution in [3.05, 3.63) is 40.5 Å². The van der Waals surface area contributed by atoms with Crippen molar-refractivity contribution in [1.29, 1.82) is 5.26 Å². The minimum absolute atomic E-state index is 0.0382. The number of aromatic hydroxyl groups is 2. The minimum Gasteiger partial charge on any atom is -0.494 e. The monoisotopic (exact) mass is 542 g/mol. The van der Waals surface area contributed by atoms with Crippen LogP contribution in [0.5, 0.6) is 11.8 Å². The summed E-state index contributed by atoms with van der Waals surface area (Å²) in [6.07, 6.45) is -13.5. The predicted molar refractivity (Wildman–Crippen MR) is 118 cm³/mol. The number of aliphatic hydroxyl groups is 4. The maximum absolute atomic E-state index is 13.6. The van der Waals surface area contributed by atoms with E-state index in [4.69, 9.17) is 19.5 Å². The van der Waals surface area contributed by atoms with Crippen LogP contribution >= 0.6 is 0 Å². The molecule has 206 valence electrons. The predicted octanol–water partition coefficient (Wildman–Crippen LogP) is 0.828. The van der Waals surface area contributed by atoms with E-state index in [1.165, 1.54) is 13.0 Å². The van der Waals surface area contributed by atoms with Crippen LogP contribution in [0.2, 0.25) is 0 Å². The highest BCUT2D eigenvalue weighted by atomic mass is 19.4. The van der Waals surface area contributed by atoms with E-state index in [0.29, 0.717) is 6.07 Å². The molecule has 6 N–H and O–H groups in total. The number of hydrogen-bond acceptors (Lipinski definition) is 10. The number of fused-ring (bicyclic) bond motifs is 5. The lowest BCUT2D eigenvalue weighted by molar-refractivity contribution is -0.318. The summed E-state index contributed by atoms with van der Waals surface area (Å²) in [5.74, 6) is -1.18. The molecule has 0 aliphatic carbocycles. The van der Waals surface area contributed by atoms with Crippen LogP contribution in [0.4, 0.5) is 13.2 Å². The Morgan fingerprint density at radius 2 is 1.76 bits per heavy atom. The third-order valence-electron chi connectivity index (χ3n) is 7.61. The second-order valence-corrected chi connectivity index (χ2v) is 10.0. The molecule has 3 aliphatic rings. The molecule has 38 heavy (non-hydrogen) atoms. The Labute approximate surface area is 213 Å². The van der Waals surface area contributed by atoms with Gasteiger partial charge in [-0.05, 0) is 32.0 Å². The molecule has 2 bridgehead atoms. The van der Waals surface area contributed by atoms with E-state index < -0.39 is 83.7 Å². The van der Waals surface area contributed by atoms with Crippen molar-refractivity contribution in [2.45, 2.75) is 74.5 Å². The Balaban J connectivity index is 1.55. The number of benzene rings is 1. The molecule has 0 radical (unpaired) electrons. The molecule has 1 aromatic heterocycles. The lowest BCUT2D eigenvalue weighted by atomic mass is 9.78. The molecule has 0 saturated carbocycles. The summed E-state index contributed by atoms with van der Waals surface area (Å²) < 4.78 is 59.0. The summed E-state index contributed by atoms with van der Waals surface area (Å²) in [5, 5.41) is 71.3. The van der Waals surface area contributed by atoms with Gasteiger partial charge in [0.05, 0.1) is 52.3 Å². The van der Waals surface area contributed by atoms with Crippen molar-refractivity contribution in [3.8, 4) is 23.5 Å². The largest absolute Gasteiger partial charge is 0.494 e. The first-order valence-corrected chi connectivity index (χ1v) is 11.6. The zero-order valence-electron chi connectivity index (χ0n) is 20.0. The molecule has 14 heteroatoms. The highest BCUT2D eigenvalue weighted by Gasteiger charge is 2.66. The van der Waals surface area contributed by atoms with Crippen LogP contribution < -0.4 is 0 Å². The van der Waals surface area contributed by atoms with Gasteiger partial charge in [0.1, 0.15) is 30.0 Å². The summed E-state index contributed by atoms with van der Waals surface area (Å²) in [7, 11) is 0. The number of ether oxygens (including phenoxy) is 3. The van der Waals surface area contributed by atoms with E-state index in [2.05, 4.69) is 0 Å². The number of hydrogen-bond donors (Lipinski definition) is 6. The first-order chi connectivity index (χ1) is 17.7. The molecule has 3 aliphatic heterocycles. The number of nitriles is 1. The molecular formula is C24H25F3N2O9. The van der Waals surface area contributed by atoms with E-state index in [1.54, 1.807) is 6.92 Å². The molecule has 1 aromatic carbocycles. The second-order valence-electron chi connectivity index (χ2n) is 10.0. The number of aromatic nitrogens is 1. The van der Waals surface area contributed by atoms with Gasteiger partial charge in [-0.1, -0.05) is 0 Å². The maximum Gasteiger partial charge on any atom is 0.417 e. The van der Waals surface area contributed by atoms with E-state index in [1.807, 2.05) is 0 Å². The summed E-state index contributed by atoms with van der Waals surface area (Å²) in [4.78, 5) is 0. The summed E-state index contributed by atoms with van der Waals surface area (Å²) >= 11 is 0. The topological polar surface area (TPSA) is 178 Å². The second kappa shape index (κ2) is 8.55. The number of aliphatic hydroxyl groups excluding tert-OH is 4. The molecule has 11 nitrogen and oxygen atoms in total. The van der Waals surface area contributed by atoms with Gasteiger partial charge in [-0.3, -0.25) is 4.57 Å². The zero-order chi connectivity index (χ0) is 27.9. The first kappa shape index (κ1) is 26.7. The highest BCUT2D eigenvalue weighted by molar-refractivity contribution is 5.62. The molecule has 0 amide bonds. The summed E-state index contributed by atoms with van der Waals surface area (Å²) in [5.41, 5.74) is -4.73. The third kappa shape index (κ3) is 3.62. The van der Waals surface area contributed by atoms with Crippen LogP contribution in [0.3, 0.4) is 0 Å². The standard InChI is InChI=1S/C24H25F3N2O9/c1-22-6-13(37-21-18(33)17(32)16(31)12(8-30)36-21)23(2,38-22)15-14(22)19(34)29(20(15)35)10-4-3-9(7-28)11(5-10)24(25,26)27/h3-5,12-13,16-18,21,30-35H,6,8H2,1-2H3/t12-,13-,16-,17+,18-,21-,22?,23?/m1/s1. The van der Waals surface area contributed by atoms with Crippen LogP contribution in [0.25, 0.3) is 5.69 Å². The van der Waals surface area contributed by atoms with Gasteiger partial charge in [-0.2, -0.15) is 18.4 Å². The van der Waals surface area contributed by atoms with Crippen molar-refractivity contribution in [2.75, 3.05) is 6.61 Å². The summed E-state index contributed by atoms with van der Waals surface area (Å²) in [6, 6.07) is 4.20. The van der Waals surface area contributed by atoms with Crippen LogP contribution in [0.1, 0.15) is 42.5 Å². The third-order valence-corrected chi connectivity index (χ3v) is 7.61. The Morgan fingerprint density at radius 3 is 2.37 bits per heavy atom. The van der Waals surface area contributed by atoms with Gasteiger partial charge in [0.15, 0.2) is 6.29 Å². The van der Waals surface area contributed by atoms with Crippen molar-refractivity contribution in [2.24, 2.45) is 0 Å². The molecule has 4 heterocycles. The molecule has 8 atom stereocenters. The maximum atomic E-state index is 13.6. The minimum atomic E-state index is -4.87. The van der Waals surface area contributed by atoms with E-state index in [9.17, 15) is 43.8 Å². The molecule has 5 rings (SSSR count). The smallest absolute Gasteiger partial charge is 0.417 e.